The number of carbonyl (C=O) groups is 2. The Bertz CT molecular complexity index is 1520. The van der Waals surface area contributed by atoms with Crippen LogP contribution in [0.4, 0.5) is 0 Å². The van der Waals surface area contributed by atoms with Gasteiger partial charge < -0.3 is 10.2 Å². The molecule has 0 heterocycles. The Morgan fingerprint density at radius 2 is 1.58 bits per heavy atom. The zero-order valence-electron chi connectivity index (χ0n) is 17.6. The van der Waals surface area contributed by atoms with Crippen LogP contribution in [0, 0.1) is 16.4 Å². The summed E-state index contributed by atoms with van der Waals surface area (Å²) in [6, 6.07) is 14.4. The highest BCUT2D eigenvalue weighted by atomic mass is 35.5. The van der Waals surface area contributed by atoms with Gasteiger partial charge in [0.05, 0.1) is 11.1 Å². The molecule has 33 heavy (non-hydrogen) atoms. The van der Waals surface area contributed by atoms with Gasteiger partial charge in [-0.1, -0.05) is 53.5 Å². The van der Waals surface area contributed by atoms with Crippen LogP contribution in [0.25, 0.3) is 11.1 Å². The molecule has 0 radical (unpaired) electrons. The van der Waals surface area contributed by atoms with Crippen molar-refractivity contribution in [1.82, 2.24) is 0 Å². The van der Waals surface area contributed by atoms with E-state index in [-0.39, 0.29) is 17.0 Å². The maximum atomic E-state index is 11.7. The monoisotopic (exact) mass is 478 g/mol. The number of fused-ring (bicyclic) bond motifs is 4. The molecule has 0 spiro atoms. The second kappa shape index (κ2) is 8.36. The number of hydrogen-bond donors (Lipinski definition) is 2. The van der Waals surface area contributed by atoms with Crippen molar-refractivity contribution >= 4 is 46.2 Å². The number of halogens is 2. The highest BCUT2D eigenvalue weighted by Gasteiger charge is 2.23. The first-order valence-corrected chi connectivity index (χ1v) is 11.5. The lowest BCUT2D eigenvalue weighted by Crippen LogP contribution is -2.25. The molecule has 1 unspecified atom stereocenters. The molecule has 3 aromatic rings. The largest absolute Gasteiger partial charge is 0.478 e. The lowest BCUT2D eigenvalue weighted by molar-refractivity contribution is 0.0695. The third-order valence-corrected chi connectivity index (χ3v) is 7.22. The van der Waals surface area contributed by atoms with Gasteiger partial charge in [-0.2, -0.15) is 0 Å². The summed E-state index contributed by atoms with van der Waals surface area (Å²) in [4.78, 5) is 23.4. The van der Waals surface area contributed by atoms with Gasteiger partial charge in [-0.3, -0.25) is 0 Å². The van der Waals surface area contributed by atoms with Gasteiger partial charge >= 0.3 is 11.9 Å². The van der Waals surface area contributed by atoms with Gasteiger partial charge in [0.2, 0.25) is 0 Å². The molecular weight excluding hydrogens is 459 g/mol. The van der Waals surface area contributed by atoms with E-state index in [0.29, 0.717) is 23.4 Å². The first kappa shape index (κ1) is 21.7. The van der Waals surface area contributed by atoms with E-state index < -0.39 is 11.9 Å². The van der Waals surface area contributed by atoms with Crippen LogP contribution in [-0.2, 0) is 19.3 Å². The van der Waals surface area contributed by atoms with Gasteiger partial charge in [0.25, 0.3) is 0 Å². The molecule has 3 aromatic carbocycles. The van der Waals surface area contributed by atoms with E-state index in [2.05, 4.69) is 18.2 Å². The van der Waals surface area contributed by atoms with Crippen LogP contribution < -0.4 is 10.4 Å². The SMILES string of the molecule is O=C(O)c1cccc(C(=O)O)c1CC1C=c2ccc3c(c2CC1)CC(Cl)=c1cc(Cl)ccc1=3. The molecule has 0 amide bonds. The lowest BCUT2D eigenvalue weighted by Gasteiger charge is -2.23. The molecule has 166 valence electrons. The first-order valence-electron chi connectivity index (χ1n) is 10.7. The molecule has 0 saturated carbocycles. The van der Waals surface area contributed by atoms with Gasteiger partial charge in [0, 0.05) is 16.5 Å². The molecule has 5 rings (SSSR count). The predicted molar refractivity (Wildman–Crippen MR) is 128 cm³/mol. The fourth-order valence-electron chi connectivity index (χ4n) is 5.14. The van der Waals surface area contributed by atoms with Crippen molar-refractivity contribution in [1.29, 1.82) is 0 Å². The number of carboxylic acids is 2. The third-order valence-electron chi connectivity index (χ3n) is 6.65. The van der Waals surface area contributed by atoms with Crippen LogP contribution in [-0.4, -0.2) is 22.2 Å². The Kier molecular flexibility index (Phi) is 5.51. The molecule has 1 atom stereocenters. The van der Waals surface area contributed by atoms with Crippen LogP contribution in [0.2, 0.25) is 5.02 Å². The summed E-state index contributed by atoms with van der Waals surface area (Å²) in [6.07, 6.45) is 4.80. The molecule has 0 aliphatic heterocycles. The van der Waals surface area contributed by atoms with E-state index in [0.717, 1.165) is 33.5 Å². The molecule has 4 nitrogen and oxygen atoms in total. The van der Waals surface area contributed by atoms with Crippen LogP contribution in [0.5, 0.6) is 0 Å². The minimum Gasteiger partial charge on any atom is -0.478 e. The van der Waals surface area contributed by atoms with Crippen molar-refractivity contribution in [2.75, 3.05) is 0 Å². The summed E-state index contributed by atoms with van der Waals surface area (Å²) < 4.78 is 0. The van der Waals surface area contributed by atoms with Gasteiger partial charge in [-0.25, -0.2) is 9.59 Å². The van der Waals surface area contributed by atoms with Gasteiger partial charge in [-0.15, -0.1) is 0 Å². The summed E-state index contributed by atoms with van der Waals surface area (Å²) in [6.45, 7) is 0. The zero-order valence-corrected chi connectivity index (χ0v) is 19.1. The third kappa shape index (κ3) is 3.84. The normalized spacial score (nSPS) is 16.3. The summed E-state index contributed by atoms with van der Waals surface area (Å²) in [5, 5.41) is 24.9. The highest BCUT2D eigenvalue weighted by molar-refractivity contribution is 6.45. The average molecular weight is 479 g/mol. The Morgan fingerprint density at radius 3 is 2.27 bits per heavy atom. The van der Waals surface area contributed by atoms with Gasteiger partial charge in [0.1, 0.15) is 0 Å². The molecule has 0 aromatic heterocycles. The standard InChI is InChI=1S/C27H20Cl2O4/c28-16-6-9-19-18-8-5-15-10-14(4-7-17(15)23(18)13-25(29)24(19)12-16)11-22-20(26(30)31)2-1-3-21(22)27(32)33/h1-3,5-6,8-10,12,14H,4,7,11,13H2,(H,30,31)(H,32,33). The number of rotatable bonds is 4. The molecule has 2 N–H and O–H groups in total. The highest BCUT2D eigenvalue weighted by Crippen LogP contribution is 2.28. The minimum atomic E-state index is -1.11. The minimum absolute atomic E-state index is 0.0447. The summed E-state index contributed by atoms with van der Waals surface area (Å²) in [5.74, 6) is -2.17. The Balaban J connectivity index is 1.62. The van der Waals surface area contributed by atoms with Crippen molar-refractivity contribution in [3.63, 3.8) is 0 Å². The first-order chi connectivity index (χ1) is 15.8. The summed E-state index contributed by atoms with van der Waals surface area (Å²) in [7, 11) is 0. The van der Waals surface area contributed by atoms with Crippen molar-refractivity contribution in [2.24, 2.45) is 5.92 Å². The number of aromatic carboxylic acids is 2. The van der Waals surface area contributed by atoms with Gasteiger partial charge in [-0.05, 0) is 87.0 Å². The topological polar surface area (TPSA) is 74.6 Å². The van der Waals surface area contributed by atoms with Crippen molar-refractivity contribution in [3.05, 3.63) is 102 Å². The van der Waals surface area contributed by atoms with E-state index in [4.69, 9.17) is 23.2 Å². The maximum absolute atomic E-state index is 11.7. The van der Waals surface area contributed by atoms with Crippen molar-refractivity contribution < 1.29 is 19.8 Å². The van der Waals surface area contributed by atoms with E-state index >= 15 is 0 Å². The molecular formula is C27H20Cl2O4. The maximum Gasteiger partial charge on any atom is 0.335 e. The van der Waals surface area contributed by atoms with Crippen LogP contribution in [0.1, 0.15) is 43.8 Å². The second-order valence-electron chi connectivity index (χ2n) is 8.54. The number of benzene rings is 3. The number of carboxylic acid groups (broad SMARTS) is 2. The molecule has 2 aliphatic carbocycles. The van der Waals surface area contributed by atoms with Crippen LogP contribution >= 0.6 is 23.2 Å². The van der Waals surface area contributed by atoms with Crippen molar-refractivity contribution in [2.45, 2.75) is 25.7 Å². The Morgan fingerprint density at radius 1 is 0.879 bits per heavy atom. The van der Waals surface area contributed by atoms with Crippen LogP contribution in [0.15, 0.2) is 48.5 Å². The van der Waals surface area contributed by atoms with Crippen LogP contribution in [0.3, 0.4) is 0 Å². The van der Waals surface area contributed by atoms with E-state index in [1.807, 2.05) is 18.2 Å². The van der Waals surface area contributed by atoms with E-state index in [9.17, 15) is 19.8 Å². The molecule has 2 aliphatic rings. The van der Waals surface area contributed by atoms with Crippen molar-refractivity contribution in [3.8, 4) is 0 Å². The quantitative estimate of drug-likeness (QED) is 0.578. The zero-order chi connectivity index (χ0) is 23.3. The number of hydrogen-bond acceptors (Lipinski definition) is 2. The Hall–Kier alpha value is -3.08. The van der Waals surface area contributed by atoms with Gasteiger partial charge in [0.15, 0.2) is 0 Å². The average Bonchev–Trinajstić information content (AvgIpc) is 2.79. The van der Waals surface area contributed by atoms with E-state index in [1.165, 1.54) is 34.5 Å². The molecule has 0 fully saturated rings. The molecule has 0 bridgehead atoms. The fourth-order valence-corrected chi connectivity index (χ4v) is 5.60. The molecule has 0 saturated heterocycles. The summed E-state index contributed by atoms with van der Waals surface area (Å²) in [5.41, 5.74) is 2.96. The fraction of sp³-hybridized carbons (Fsp3) is 0.185. The predicted octanol–water partition coefficient (Wildman–Crippen LogP) is 4.51. The summed E-state index contributed by atoms with van der Waals surface area (Å²) >= 11 is 12.8. The lowest BCUT2D eigenvalue weighted by atomic mass is 9.81. The Labute approximate surface area is 199 Å². The molecule has 6 heteroatoms. The smallest absolute Gasteiger partial charge is 0.335 e. The van der Waals surface area contributed by atoms with E-state index in [1.54, 1.807) is 0 Å². The second-order valence-corrected chi connectivity index (χ2v) is 9.44.